The van der Waals surface area contributed by atoms with Crippen molar-refractivity contribution in [3.63, 3.8) is 0 Å². The zero-order chi connectivity index (χ0) is 19.7. The summed E-state index contributed by atoms with van der Waals surface area (Å²) in [5, 5.41) is 9.65. The average molecular weight is 367 g/mol. The van der Waals surface area contributed by atoms with E-state index in [4.69, 9.17) is 4.74 Å². The second kappa shape index (κ2) is 10.3. The lowest BCUT2D eigenvalue weighted by atomic mass is 9.83. The zero-order valence-corrected chi connectivity index (χ0v) is 17.2. The van der Waals surface area contributed by atoms with Gasteiger partial charge < -0.3 is 9.84 Å². The minimum atomic E-state index is 0.0730. The van der Waals surface area contributed by atoms with Crippen LogP contribution in [0.25, 0.3) is 6.08 Å². The molecule has 0 aromatic heterocycles. The second-order valence-electron chi connectivity index (χ2n) is 8.09. The molecule has 0 radical (unpaired) electrons. The number of hydrogen-bond donors (Lipinski definition) is 1. The first-order valence-electron chi connectivity index (χ1n) is 10.1. The molecule has 0 spiro atoms. The van der Waals surface area contributed by atoms with E-state index in [-0.39, 0.29) is 17.9 Å². The molecule has 0 heterocycles. The number of ether oxygens (including phenoxy) is 1. The van der Waals surface area contributed by atoms with Gasteiger partial charge in [-0.1, -0.05) is 88.7 Å². The molecular formula is C25H34O2. The van der Waals surface area contributed by atoms with Crippen molar-refractivity contribution in [1.82, 2.24) is 0 Å². The van der Waals surface area contributed by atoms with Gasteiger partial charge in [-0.15, -0.1) is 0 Å². The summed E-state index contributed by atoms with van der Waals surface area (Å²) in [4.78, 5) is 0. The molecule has 2 nitrogen and oxygen atoms in total. The molecule has 2 rings (SSSR count). The number of rotatable bonds is 9. The summed E-state index contributed by atoms with van der Waals surface area (Å²) in [6, 6.07) is 16.8. The Morgan fingerprint density at radius 1 is 1.07 bits per heavy atom. The third-order valence-corrected chi connectivity index (χ3v) is 4.79. The number of aliphatic hydroxyl groups is 1. The molecule has 1 N–H and O–H groups in total. The Bertz CT molecular complexity index is 711. The van der Waals surface area contributed by atoms with Gasteiger partial charge in [0.2, 0.25) is 0 Å². The Balaban J connectivity index is 2.39. The molecule has 0 bridgehead atoms. The molecule has 0 saturated heterocycles. The van der Waals surface area contributed by atoms with Crippen LogP contribution in [0.1, 0.15) is 69.6 Å². The van der Waals surface area contributed by atoms with Gasteiger partial charge in [0.05, 0.1) is 6.61 Å². The van der Waals surface area contributed by atoms with E-state index >= 15 is 0 Å². The number of unbranched alkanes of at least 4 members (excludes halogenated alkanes) is 1. The Morgan fingerprint density at radius 3 is 2.44 bits per heavy atom. The molecule has 27 heavy (non-hydrogen) atoms. The highest BCUT2D eigenvalue weighted by Crippen LogP contribution is 2.35. The SMILES string of the molecule is CCCCOc1ccc(C(C)(C)C)cc1C(C=Cc1ccccc1)CCO. The topological polar surface area (TPSA) is 29.5 Å². The van der Waals surface area contributed by atoms with Crippen LogP contribution in [0.3, 0.4) is 0 Å². The van der Waals surface area contributed by atoms with Gasteiger partial charge in [0, 0.05) is 18.1 Å². The van der Waals surface area contributed by atoms with Crippen LogP contribution in [-0.2, 0) is 5.41 Å². The summed E-state index contributed by atoms with van der Waals surface area (Å²) in [7, 11) is 0. The maximum atomic E-state index is 9.65. The standard InChI is InChI=1S/C25H34O2/c1-5-6-18-27-24-15-14-22(25(2,3)4)19-23(24)21(16-17-26)13-12-20-10-8-7-9-11-20/h7-15,19,21,26H,5-6,16-18H2,1-4H3. The number of aliphatic hydroxyl groups excluding tert-OH is 1. The molecular weight excluding hydrogens is 332 g/mol. The first-order chi connectivity index (χ1) is 13.0. The number of hydrogen-bond acceptors (Lipinski definition) is 2. The lowest BCUT2D eigenvalue weighted by Gasteiger charge is -2.24. The number of benzene rings is 2. The van der Waals surface area contributed by atoms with Crippen LogP contribution < -0.4 is 4.74 Å². The largest absolute Gasteiger partial charge is 0.493 e. The van der Waals surface area contributed by atoms with E-state index in [0.717, 1.165) is 25.2 Å². The van der Waals surface area contributed by atoms with Crippen LogP contribution in [0.4, 0.5) is 0 Å². The fourth-order valence-corrected chi connectivity index (χ4v) is 3.05. The molecule has 2 aromatic carbocycles. The predicted octanol–water partition coefficient (Wildman–Crippen LogP) is 6.34. The summed E-state index contributed by atoms with van der Waals surface area (Å²) in [6.45, 7) is 9.73. The third kappa shape index (κ3) is 6.55. The van der Waals surface area contributed by atoms with Crippen molar-refractivity contribution in [2.45, 2.75) is 58.3 Å². The lowest BCUT2D eigenvalue weighted by Crippen LogP contribution is -2.13. The van der Waals surface area contributed by atoms with Gasteiger partial charge in [0.1, 0.15) is 5.75 Å². The normalized spacial score (nSPS) is 13.1. The molecule has 0 aliphatic heterocycles. The smallest absolute Gasteiger partial charge is 0.123 e. The Hall–Kier alpha value is -2.06. The Labute approximate surface area is 164 Å². The molecule has 0 saturated carbocycles. The maximum absolute atomic E-state index is 9.65. The van der Waals surface area contributed by atoms with Crippen LogP contribution >= 0.6 is 0 Å². The van der Waals surface area contributed by atoms with Crippen molar-refractivity contribution in [2.24, 2.45) is 0 Å². The first kappa shape index (κ1) is 21.2. The van der Waals surface area contributed by atoms with Crippen LogP contribution in [0, 0.1) is 0 Å². The van der Waals surface area contributed by atoms with Crippen LogP contribution in [0.15, 0.2) is 54.6 Å². The molecule has 0 fully saturated rings. The molecule has 2 aromatic rings. The van der Waals surface area contributed by atoms with Crippen LogP contribution in [-0.4, -0.2) is 18.3 Å². The van der Waals surface area contributed by atoms with Crippen molar-refractivity contribution in [3.05, 3.63) is 71.3 Å². The molecule has 0 amide bonds. The highest BCUT2D eigenvalue weighted by atomic mass is 16.5. The quantitative estimate of drug-likeness (QED) is 0.525. The first-order valence-corrected chi connectivity index (χ1v) is 10.1. The van der Waals surface area contributed by atoms with E-state index in [2.05, 4.69) is 70.2 Å². The van der Waals surface area contributed by atoms with Crippen molar-refractivity contribution < 1.29 is 9.84 Å². The van der Waals surface area contributed by atoms with Gasteiger partial charge in [-0.3, -0.25) is 0 Å². The van der Waals surface area contributed by atoms with Gasteiger partial charge in [-0.05, 0) is 35.4 Å². The third-order valence-electron chi connectivity index (χ3n) is 4.79. The summed E-state index contributed by atoms with van der Waals surface area (Å²) in [5.74, 6) is 1.06. The van der Waals surface area contributed by atoms with Gasteiger partial charge in [0.15, 0.2) is 0 Å². The fraction of sp³-hybridized carbons (Fsp3) is 0.440. The average Bonchev–Trinajstić information content (AvgIpc) is 2.65. The van der Waals surface area contributed by atoms with Gasteiger partial charge in [-0.25, -0.2) is 0 Å². The fourth-order valence-electron chi connectivity index (χ4n) is 3.05. The molecule has 0 aliphatic carbocycles. The van der Waals surface area contributed by atoms with E-state index in [9.17, 15) is 5.11 Å². The second-order valence-corrected chi connectivity index (χ2v) is 8.09. The molecule has 1 atom stereocenters. The lowest BCUT2D eigenvalue weighted by molar-refractivity contribution is 0.278. The predicted molar refractivity (Wildman–Crippen MR) is 115 cm³/mol. The van der Waals surface area contributed by atoms with E-state index < -0.39 is 0 Å². The number of allylic oxidation sites excluding steroid dienone is 1. The van der Waals surface area contributed by atoms with Crippen molar-refractivity contribution >= 4 is 6.08 Å². The Kier molecular flexibility index (Phi) is 8.12. The monoisotopic (exact) mass is 366 g/mol. The van der Waals surface area contributed by atoms with Crippen LogP contribution in [0.5, 0.6) is 5.75 Å². The van der Waals surface area contributed by atoms with E-state index in [1.807, 2.05) is 18.2 Å². The van der Waals surface area contributed by atoms with Gasteiger partial charge in [-0.2, -0.15) is 0 Å². The van der Waals surface area contributed by atoms with E-state index in [1.54, 1.807) is 0 Å². The van der Waals surface area contributed by atoms with Crippen LogP contribution in [0.2, 0.25) is 0 Å². The molecule has 2 heteroatoms. The van der Waals surface area contributed by atoms with Crippen molar-refractivity contribution in [3.8, 4) is 5.75 Å². The Morgan fingerprint density at radius 2 is 1.81 bits per heavy atom. The minimum absolute atomic E-state index is 0.0730. The highest BCUT2D eigenvalue weighted by Gasteiger charge is 2.20. The maximum Gasteiger partial charge on any atom is 0.123 e. The minimum Gasteiger partial charge on any atom is -0.493 e. The zero-order valence-electron chi connectivity index (χ0n) is 17.2. The van der Waals surface area contributed by atoms with E-state index in [0.29, 0.717) is 6.42 Å². The molecule has 1 unspecified atom stereocenters. The molecule has 146 valence electrons. The summed E-state index contributed by atoms with van der Waals surface area (Å²) >= 11 is 0. The molecule has 0 aliphatic rings. The van der Waals surface area contributed by atoms with Crippen molar-refractivity contribution in [2.75, 3.05) is 13.2 Å². The summed E-state index contributed by atoms with van der Waals surface area (Å²) in [5.41, 5.74) is 3.70. The van der Waals surface area contributed by atoms with Gasteiger partial charge >= 0.3 is 0 Å². The van der Waals surface area contributed by atoms with E-state index in [1.165, 1.54) is 16.7 Å². The summed E-state index contributed by atoms with van der Waals surface area (Å²) in [6.07, 6.45) is 7.18. The summed E-state index contributed by atoms with van der Waals surface area (Å²) < 4.78 is 6.11. The van der Waals surface area contributed by atoms with Crippen molar-refractivity contribution in [1.29, 1.82) is 0 Å². The highest BCUT2D eigenvalue weighted by molar-refractivity contribution is 5.52. The van der Waals surface area contributed by atoms with Gasteiger partial charge in [0.25, 0.3) is 0 Å².